The maximum Gasteiger partial charge on any atom is 0.341 e. The molecule has 0 aliphatic carbocycles. The Balaban J connectivity index is 0.00000300. The molecule has 0 spiro atoms. The molecule has 0 bridgehead atoms. The number of esters is 1. The number of rotatable bonds is 7. The third kappa shape index (κ3) is 5.72. The maximum absolute atomic E-state index is 12.6. The fourth-order valence-electron chi connectivity index (χ4n) is 3.26. The van der Waals surface area contributed by atoms with Crippen molar-refractivity contribution in [3.8, 4) is 5.75 Å². The van der Waals surface area contributed by atoms with Crippen LogP contribution in [0.2, 0.25) is 0 Å². The van der Waals surface area contributed by atoms with E-state index < -0.39 is 0 Å². The molecule has 1 aliphatic heterocycles. The zero-order valence-electron chi connectivity index (χ0n) is 16.9. The number of anilines is 1. The highest BCUT2D eigenvalue weighted by Crippen LogP contribution is 2.37. The second kappa shape index (κ2) is 10.6. The summed E-state index contributed by atoms with van der Waals surface area (Å²) in [5.41, 5.74) is 2.42. The molecule has 1 N–H and O–H groups in total. The Morgan fingerprint density at radius 2 is 1.90 bits per heavy atom. The van der Waals surface area contributed by atoms with Gasteiger partial charge in [0.25, 0.3) is 0 Å². The van der Waals surface area contributed by atoms with Gasteiger partial charge in [-0.05, 0) is 50.6 Å². The molecule has 0 fully saturated rings. The molecule has 0 atom stereocenters. The minimum atomic E-state index is -0.360. The van der Waals surface area contributed by atoms with Crippen LogP contribution < -0.4 is 10.1 Å². The molecular formula is C21H27ClN2O4S. The molecule has 3 rings (SSSR count). The van der Waals surface area contributed by atoms with Gasteiger partial charge in [0.2, 0.25) is 5.91 Å². The maximum atomic E-state index is 12.6. The van der Waals surface area contributed by atoms with Crippen LogP contribution in [0.1, 0.15) is 40.2 Å². The fourth-order valence-corrected chi connectivity index (χ4v) is 4.60. The molecular weight excluding hydrogens is 412 g/mol. The summed E-state index contributed by atoms with van der Waals surface area (Å²) in [7, 11) is 2.05. The molecule has 1 aromatic heterocycles. The van der Waals surface area contributed by atoms with Crippen LogP contribution in [0, 0.1) is 0 Å². The van der Waals surface area contributed by atoms with Gasteiger partial charge in [0.1, 0.15) is 10.8 Å². The molecule has 2 heterocycles. The molecule has 158 valence electrons. The van der Waals surface area contributed by atoms with E-state index >= 15 is 0 Å². The minimum Gasteiger partial charge on any atom is -0.494 e. The summed E-state index contributed by atoms with van der Waals surface area (Å²) in [4.78, 5) is 28.5. The average Bonchev–Trinajstić information content (AvgIpc) is 3.00. The number of thiophene rings is 1. The zero-order valence-corrected chi connectivity index (χ0v) is 18.6. The first-order valence-electron chi connectivity index (χ1n) is 9.53. The summed E-state index contributed by atoms with van der Waals surface area (Å²) >= 11 is 1.47. The Morgan fingerprint density at radius 3 is 2.55 bits per heavy atom. The van der Waals surface area contributed by atoms with Crippen LogP contribution in [0.5, 0.6) is 5.75 Å². The number of amides is 1. The fraction of sp³-hybridized carbons (Fsp3) is 0.429. The van der Waals surface area contributed by atoms with E-state index in [-0.39, 0.29) is 30.7 Å². The van der Waals surface area contributed by atoms with Crippen molar-refractivity contribution in [2.24, 2.45) is 0 Å². The normalized spacial score (nSPS) is 13.2. The molecule has 1 aliphatic rings. The van der Waals surface area contributed by atoms with Gasteiger partial charge in [0, 0.05) is 18.0 Å². The van der Waals surface area contributed by atoms with Crippen molar-refractivity contribution in [2.45, 2.75) is 33.2 Å². The number of nitrogens with zero attached hydrogens (tertiary/aromatic N) is 1. The van der Waals surface area contributed by atoms with Crippen LogP contribution in [-0.4, -0.2) is 43.6 Å². The minimum absolute atomic E-state index is 0. The van der Waals surface area contributed by atoms with Crippen molar-refractivity contribution < 1.29 is 19.1 Å². The van der Waals surface area contributed by atoms with Crippen LogP contribution in [0.25, 0.3) is 0 Å². The zero-order chi connectivity index (χ0) is 20.1. The standard InChI is InChI=1S/C21H26N2O4S.ClH/c1-4-26-15-8-6-14(7-9-15)12-18(24)22-20-19(21(25)27-5-2)16-10-11-23(3)13-17(16)28-20;/h6-9H,4-5,10-13H2,1-3H3,(H,22,24);1H. The lowest BCUT2D eigenvalue weighted by atomic mass is 10.0. The van der Waals surface area contributed by atoms with E-state index in [0.29, 0.717) is 23.8 Å². The third-order valence-electron chi connectivity index (χ3n) is 4.58. The molecule has 29 heavy (non-hydrogen) atoms. The van der Waals surface area contributed by atoms with Crippen molar-refractivity contribution in [2.75, 3.05) is 32.1 Å². The van der Waals surface area contributed by atoms with Gasteiger partial charge in [-0.3, -0.25) is 4.79 Å². The molecule has 1 aromatic carbocycles. The summed E-state index contributed by atoms with van der Waals surface area (Å²) in [6.45, 7) is 6.30. The van der Waals surface area contributed by atoms with E-state index in [9.17, 15) is 9.59 Å². The van der Waals surface area contributed by atoms with E-state index in [2.05, 4.69) is 17.3 Å². The first kappa shape index (κ1) is 23.2. The van der Waals surface area contributed by atoms with Crippen molar-refractivity contribution in [3.63, 3.8) is 0 Å². The van der Waals surface area contributed by atoms with E-state index in [1.807, 2.05) is 31.2 Å². The Morgan fingerprint density at radius 1 is 1.17 bits per heavy atom. The summed E-state index contributed by atoms with van der Waals surface area (Å²) in [5.74, 6) is 0.272. The van der Waals surface area contributed by atoms with Crippen LogP contribution >= 0.6 is 23.7 Å². The second-order valence-electron chi connectivity index (χ2n) is 6.72. The van der Waals surface area contributed by atoms with Crippen molar-refractivity contribution in [3.05, 3.63) is 45.8 Å². The van der Waals surface area contributed by atoms with Gasteiger partial charge in [-0.15, -0.1) is 23.7 Å². The lowest BCUT2D eigenvalue weighted by molar-refractivity contribution is -0.115. The van der Waals surface area contributed by atoms with Crippen LogP contribution in [0.15, 0.2) is 24.3 Å². The third-order valence-corrected chi connectivity index (χ3v) is 5.71. The first-order chi connectivity index (χ1) is 13.5. The quantitative estimate of drug-likeness (QED) is 0.663. The number of ether oxygens (including phenoxy) is 2. The Kier molecular flexibility index (Phi) is 8.49. The highest BCUT2D eigenvalue weighted by atomic mass is 35.5. The smallest absolute Gasteiger partial charge is 0.341 e. The van der Waals surface area contributed by atoms with Crippen molar-refractivity contribution in [1.29, 1.82) is 0 Å². The van der Waals surface area contributed by atoms with Crippen LogP contribution in [0.4, 0.5) is 5.00 Å². The van der Waals surface area contributed by atoms with Gasteiger partial charge in [0.05, 0.1) is 25.2 Å². The van der Waals surface area contributed by atoms with Gasteiger partial charge in [0.15, 0.2) is 0 Å². The van der Waals surface area contributed by atoms with E-state index in [0.717, 1.165) is 41.3 Å². The molecule has 0 unspecified atom stereocenters. The number of carbonyl (C=O) groups is 2. The van der Waals surface area contributed by atoms with Crippen LogP contribution in [0.3, 0.4) is 0 Å². The number of carbonyl (C=O) groups excluding carboxylic acids is 2. The van der Waals surface area contributed by atoms with Crippen LogP contribution in [-0.2, 0) is 28.9 Å². The summed E-state index contributed by atoms with van der Waals surface area (Å²) in [6.07, 6.45) is 1.02. The highest BCUT2D eigenvalue weighted by molar-refractivity contribution is 7.17. The summed E-state index contributed by atoms with van der Waals surface area (Å²) < 4.78 is 10.7. The predicted molar refractivity (Wildman–Crippen MR) is 118 cm³/mol. The average molecular weight is 439 g/mol. The van der Waals surface area contributed by atoms with Gasteiger partial charge in [-0.2, -0.15) is 0 Å². The lowest BCUT2D eigenvalue weighted by Crippen LogP contribution is -2.26. The topological polar surface area (TPSA) is 67.9 Å². The second-order valence-corrected chi connectivity index (χ2v) is 7.82. The SMILES string of the molecule is CCOC(=O)c1c(NC(=O)Cc2ccc(OCC)cc2)sc2c1CCN(C)C2.Cl. The predicted octanol–water partition coefficient (Wildman–Crippen LogP) is 3.91. The summed E-state index contributed by atoms with van der Waals surface area (Å²) in [6, 6.07) is 7.47. The number of halogens is 1. The lowest BCUT2D eigenvalue weighted by Gasteiger charge is -2.22. The number of hydrogen-bond donors (Lipinski definition) is 1. The van der Waals surface area contributed by atoms with Crippen molar-refractivity contribution in [1.82, 2.24) is 4.90 Å². The van der Waals surface area contributed by atoms with E-state index in [1.165, 1.54) is 11.3 Å². The first-order valence-corrected chi connectivity index (χ1v) is 10.3. The van der Waals surface area contributed by atoms with Crippen molar-refractivity contribution >= 4 is 40.6 Å². The van der Waals surface area contributed by atoms with Gasteiger partial charge in [-0.25, -0.2) is 4.79 Å². The molecule has 0 saturated heterocycles. The van der Waals surface area contributed by atoms with E-state index in [4.69, 9.17) is 9.47 Å². The number of nitrogens with one attached hydrogen (secondary N) is 1. The largest absolute Gasteiger partial charge is 0.494 e. The Hall–Kier alpha value is -2.09. The molecule has 2 aromatic rings. The molecule has 8 heteroatoms. The monoisotopic (exact) mass is 438 g/mol. The Labute approximate surface area is 181 Å². The van der Waals surface area contributed by atoms with Gasteiger partial charge >= 0.3 is 5.97 Å². The van der Waals surface area contributed by atoms with Gasteiger partial charge in [-0.1, -0.05) is 12.1 Å². The number of benzene rings is 1. The number of hydrogen-bond acceptors (Lipinski definition) is 6. The highest BCUT2D eigenvalue weighted by Gasteiger charge is 2.28. The molecule has 0 radical (unpaired) electrons. The molecule has 1 amide bonds. The summed E-state index contributed by atoms with van der Waals surface area (Å²) in [5, 5.41) is 3.53. The number of fused-ring (bicyclic) bond motifs is 1. The number of likely N-dealkylation sites (N-methyl/N-ethyl adjacent to an activating group) is 1. The van der Waals surface area contributed by atoms with Gasteiger partial charge < -0.3 is 19.7 Å². The molecule has 6 nitrogen and oxygen atoms in total. The van der Waals surface area contributed by atoms with E-state index in [1.54, 1.807) is 6.92 Å². The Bertz CT molecular complexity index is 851. The molecule has 0 saturated carbocycles.